The molecule has 2 amide bonds. The van der Waals surface area contributed by atoms with Gasteiger partial charge < -0.3 is 0 Å². The van der Waals surface area contributed by atoms with Crippen molar-refractivity contribution >= 4 is 44.3 Å². The van der Waals surface area contributed by atoms with Gasteiger partial charge in [0.15, 0.2) is 0 Å². The number of nitrogens with zero attached hydrogens (tertiary/aromatic N) is 3. The monoisotopic (exact) mass is 540 g/mol. The molecule has 2 aromatic heterocycles. The number of hydrogen-bond acceptors (Lipinski definition) is 5. The van der Waals surface area contributed by atoms with Crippen LogP contribution in [0.25, 0.3) is 16.6 Å². The van der Waals surface area contributed by atoms with E-state index in [9.17, 15) is 13.2 Å². The third kappa shape index (κ3) is 5.91. The largest absolute Gasteiger partial charge is 0.326 e. The number of carbonyl (C=O) groups is 1. The molecule has 0 aliphatic rings. The number of sulfonamides is 1. The molecule has 3 N–H and O–H groups in total. The summed E-state index contributed by atoms with van der Waals surface area (Å²) in [4.78, 5) is 17.5. The van der Waals surface area contributed by atoms with Crippen molar-refractivity contribution in [2.45, 2.75) is 31.1 Å². The lowest BCUT2D eigenvalue weighted by atomic mass is 9.92. The highest BCUT2D eigenvalue weighted by Gasteiger charge is 2.22. The maximum Gasteiger partial charge on any atom is 0.326 e. The van der Waals surface area contributed by atoms with E-state index in [2.05, 4.69) is 20.3 Å². The van der Waals surface area contributed by atoms with Gasteiger partial charge in [-0.2, -0.15) is 5.10 Å². The van der Waals surface area contributed by atoms with Crippen molar-refractivity contribution < 1.29 is 13.2 Å². The zero-order chi connectivity index (χ0) is 27.6. The van der Waals surface area contributed by atoms with E-state index in [1.807, 2.05) is 57.2 Å². The fourth-order valence-corrected chi connectivity index (χ4v) is 4.98. The van der Waals surface area contributed by atoms with Crippen LogP contribution in [0.2, 0.25) is 0 Å². The SMILES string of the molecule is CC(C)(C)c1cc(NC(=O)Nc2ccc3ccccc3n2)n(-c2ccc(S(=O)(=O)Nc3ccccc3)cc2)n1. The second-order valence-corrected chi connectivity index (χ2v) is 11.7. The number of carbonyl (C=O) groups excluding carboxylic acids is 1. The Labute approximate surface area is 227 Å². The van der Waals surface area contributed by atoms with Crippen molar-refractivity contribution in [3.63, 3.8) is 0 Å². The van der Waals surface area contributed by atoms with E-state index in [1.165, 1.54) is 12.1 Å². The Morgan fingerprint density at radius 2 is 1.51 bits per heavy atom. The molecule has 0 bridgehead atoms. The number of fused-ring (bicyclic) bond motifs is 1. The van der Waals surface area contributed by atoms with E-state index in [-0.39, 0.29) is 10.3 Å². The molecule has 2 heterocycles. The van der Waals surface area contributed by atoms with Gasteiger partial charge in [0.1, 0.15) is 11.6 Å². The molecule has 0 saturated carbocycles. The van der Waals surface area contributed by atoms with Crippen LogP contribution < -0.4 is 15.4 Å². The minimum Gasteiger partial charge on any atom is -0.292 e. The zero-order valence-electron chi connectivity index (χ0n) is 21.7. The minimum atomic E-state index is -3.78. The Bertz CT molecular complexity index is 1740. The first-order valence-corrected chi connectivity index (χ1v) is 13.8. The van der Waals surface area contributed by atoms with Crippen molar-refractivity contribution in [2.24, 2.45) is 0 Å². The molecule has 39 heavy (non-hydrogen) atoms. The van der Waals surface area contributed by atoms with Crippen LogP contribution in [0.15, 0.2) is 102 Å². The first-order valence-electron chi connectivity index (χ1n) is 12.3. The molecule has 0 radical (unpaired) electrons. The molecule has 5 aromatic rings. The number of hydrogen-bond donors (Lipinski definition) is 3. The van der Waals surface area contributed by atoms with Crippen molar-refractivity contribution in [1.29, 1.82) is 0 Å². The molecule has 0 unspecified atom stereocenters. The van der Waals surface area contributed by atoms with Gasteiger partial charge in [0.2, 0.25) is 0 Å². The summed E-state index contributed by atoms with van der Waals surface area (Å²) in [7, 11) is -3.78. The Kier molecular flexibility index (Phi) is 6.80. The van der Waals surface area contributed by atoms with E-state index in [1.54, 1.807) is 53.2 Å². The summed E-state index contributed by atoms with van der Waals surface area (Å²) in [5, 5.41) is 11.3. The summed E-state index contributed by atoms with van der Waals surface area (Å²) in [6, 6.07) is 27.6. The van der Waals surface area contributed by atoms with Crippen molar-refractivity contribution in [3.05, 3.63) is 103 Å². The summed E-state index contributed by atoms with van der Waals surface area (Å²) in [5.74, 6) is 0.838. The van der Waals surface area contributed by atoms with Crippen LogP contribution in [0.5, 0.6) is 0 Å². The lowest BCUT2D eigenvalue weighted by Crippen LogP contribution is -2.22. The molecule has 3 aromatic carbocycles. The lowest BCUT2D eigenvalue weighted by Gasteiger charge is -2.14. The van der Waals surface area contributed by atoms with Gasteiger partial charge in [-0.1, -0.05) is 57.2 Å². The van der Waals surface area contributed by atoms with Crippen LogP contribution in [-0.4, -0.2) is 29.2 Å². The molecule has 5 rings (SSSR count). The molecule has 0 fully saturated rings. The number of aromatic nitrogens is 3. The molecule has 10 heteroatoms. The van der Waals surface area contributed by atoms with Crippen LogP contribution in [0.4, 0.5) is 22.1 Å². The van der Waals surface area contributed by atoms with Crippen LogP contribution in [0.1, 0.15) is 26.5 Å². The van der Waals surface area contributed by atoms with Gasteiger partial charge >= 0.3 is 6.03 Å². The Morgan fingerprint density at radius 3 is 2.23 bits per heavy atom. The summed E-state index contributed by atoms with van der Waals surface area (Å²) in [6.45, 7) is 6.06. The number of para-hydroxylation sites is 2. The van der Waals surface area contributed by atoms with Crippen LogP contribution >= 0.6 is 0 Å². The average molecular weight is 541 g/mol. The van der Waals surface area contributed by atoms with Gasteiger partial charge in [0.25, 0.3) is 10.0 Å². The highest BCUT2D eigenvalue weighted by Crippen LogP contribution is 2.27. The van der Waals surface area contributed by atoms with Crippen molar-refractivity contribution in [3.8, 4) is 5.69 Å². The fraction of sp³-hybridized carbons (Fsp3) is 0.138. The van der Waals surface area contributed by atoms with Crippen LogP contribution in [0.3, 0.4) is 0 Å². The van der Waals surface area contributed by atoms with Gasteiger partial charge in [-0.15, -0.1) is 0 Å². The molecule has 0 aliphatic carbocycles. The third-order valence-electron chi connectivity index (χ3n) is 5.98. The third-order valence-corrected chi connectivity index (χ3v) is 7.37. The summed E-state index contributed by atoms with van der Waals surface area (Å²) in [5.41, 5.74) is 2.29. The zero-order valence-corrected chi connectivity index (χ0v) is 22.5. The number of benzene rings is 3. The Balaban J connectivity index is 1.40. The van der Waals surface area contributed by atoms with Gasteiger partial charge in [0, 0.05) is 22.6 Å². The van der Waals surface area contributed by atoms with E-state index >= 15 is 0 Å². The van der Waals surface area contributed by atoms with E-state index in [0.717, 1.165) is 16.6 Å². The maximum atomic E-state index is 12.9. The molecular weight excluding hydrogens is 512 g/mol. The predicted octanol–water partition coefficient (Wildman–Crippen LogP) is 6.16. The van der Waals surface area contributed by atoms with E-state index < -0.39 is 16.1 Å². The Morgan fingerprint density at radius 1 is 0.821 bits per heavy atom. The van der Waals surface area contributed by atoms with E-state index in [4.69, 9.17) is 5.10 Å². The minimum absolute atomic E-state index is 0.105. The first kappa shape index (κ1) is 25.9. The van der Waals surface area contributed by atoms with Crippen molar-refractivity contribution in [1.82, 2.24) is 14.8 Å². The highest BCUT2D eigenvalue weighted by molar-refractivity contribution is 7.92. The average Bonchev–Trinajstić information content (AvgIpc) is 3.33. The van der Waals surface area contributed by atoms with Gasteiger partial charge in [-0.25, -0.2) is 22.9 Å². The molecule has 0 spiro atoms. The highest BCUT2D eigenvalue weighted by atomic mass is 32.2. The lowest BCUT2D eigenvalue weighted by molar-refractivity contribution is 0.262. The van der Waals surface area contributed by atoms with Gasteiger partial charge in [-0.3, -0.25) is 15.4 Å². The number of pyridine rings is 1. The van der Waals surface area contributed by atoms with Crippen molar-refractivity contribution in [2.75, 3.05) is 15.4 Å². The molecule has 198 valence electrons. The molecular formula is C29H28N6O3S. The smallest absolute Gasteiger partial charge is 0.292 e. The molecule has 0 atom stereocenters. The van der Waals surface area contributed by atoms with Crippen LogP contribution in [0, 0.1) is 0 Å². The number of nitrogens with one attached hydrogen (secondary N) is 3. The number of amides is 2. The topological polar surface area (TPSA) is 118 Å². The normalized spacial score (nSPS) is 11.8. The summed E-state index contributed by atoms with van der Waals surface area (Å²) < 4.78 is 29.8. The molecule has 0 saturated heterocycles. The molecule has 9 nitrogen and oxygen atoms in total. The standard InChI is InChI=1S/C29H28N6O3S/c1-29(2,3)25-19-27(32-28(36)31-26-18-13-20-9-7-8-12-24(20)30-26)35(33-25)22-14-16-23(17-15-22)39(37,38)34-21-10-5-4-6-11-21/h4-19,34H,1-3H3,(H2,30,31,32,36). The van der Waals surface area contributed by atoms with Gasteiger partial charge in [0.05, 0.1) is 21.8 Å². The quantitative estimate of drug-likeness (QED) is 0.238. The summed E-state index contributed by atoms with van der Waals surface area (Å²) >= 11 is 0. The first-order chi connectivity index (χ1) is 18.6. The maximum absolute atomic E-state index is 12.9. The predicted molar refractivity (Wildman–Crippen MR) is 154 cm³/mol. The van der Waals surface area contributed by atoms with E-state index in [0.29, 0.717) is 23.0 Å². The van der Waals surface area contributed by atoms with Gasteiger partial charge in [-0.05, 0) is 54.6 Å². The summed E-state index contributed by atoms with van der Waals surface area (Å²) in [6.07, 6.45) is 0. The number of rotatable bonds is 6. The molecule has 0 aliphatic heterocycles. The number of anilines is 3. The Hall–Kier alpha value is -4.70. The second-order valence-electron chi connectivity index (χ2n) is 10.0. The number of urea groups is 1. The second kappa shape index (κ2) is 10.2. The fourth-order valence-electron chi connectivity index (χ4n) is 3.92. The van der Waals surface area contributed by atoms with Crippen LogP contribution in [-0.2, 0) is 15.4 Å².